The number of rotatable bonds is 7. The molecular formula is C26H25N3O5S. The van der Waals surface area contributed by atoms with Crippen molar-refractivity contribution in [1.82, 2.24) is 9.55 Å². The standard InChI is InChI=1S/C26H25N3O5S/c1-15-7-8-16(2)21(12-15)27-23(30)17(3)35-26-28-22-13-18(25(32)33-4)9-10-20(22)24(31)29(26)14-19-6-5-11-34-19/h5-13,17H,14H2,1-4H3,(H,27,30). The maximum absolute atomic E-state index is 13.4. The van der Waals surface area contributed by atoms with Gasteiger partial charge in [0.05, 0.1) is 41.6 Å². The molecule has 0 aliphatic heterocycles. The monoisotopic (exact) mass is 491 g/mol. The van der Waals surface area contributed by atoms with Gasteiger partial charge in [-0.05, 0) is 68.3 Å². The largest absolute Gasteiger partial charge is 0.467 e. The molecule has 0 aliphatic rings. The Hall–Kier alpha value is -3.85. The van der Waals surface area contributed by atoms with Crippen molar-refractivity contribution in [2.24, 2.45) is 0 Å². The summed E-state index contributed by atoms with van der Waals surface area (Å²) >= 11 is 1.16. The summed E-state index contributed by atoms with van der Waals surface area (Å²) in [4.78, 5) is 43.1. The molecule has 4 aromatic rings. The van der Waals surface area contributed by atoms with Crippen LogP contribution in [0.15, 0.2) is 69.2 Å². The van der Waals surface area contributed by atoms with Crippen LogP contribution in [0.3, 0.4) is 0 Å². The topological polar surface area (TPSA) is 103 Å². The first-order valence-electron chi connectivity index (χ1n) is 11.0. The van der Waals surface area contributed by atoms with Crippen molar-refractivity contribution in [3.8, 4) is 0 Å². The summed E-state index contributed by atoms with van der Waals surface area (Å²) in [6, 6.07) is 14.0. The van der Waals surface area contributed by atoms with E-state index in [1.54, 1.807) is 25.1 Å². The first-order valence-corrected chi connectivity index (χ1v) is 11.8. The van der Waals surface area contributed by atoms with Gasteiger partial charge >= 0.3 is 5.97 Å². The van der Waals surface area contributed by atoms with Gasteiger partial charge < -0.3 is 14.5 Å². The molecule has 1 atom stereocenters. The lowest BCUT2D eigenvalue weighted by molar-refractivity contribution is -0.115. The van der Waals surface area contributed by atoms with Gasteiger partial charge in [-0.25, -0.2) is 9.78 Å². The van der Waals surface area contributed by atoms with E-state index in [1.807, 2.05) is 32.0 Å². The fourth-order valence-electron chi connectivity index (χ4n) is 3.55. The molecule has 180 valence electrons. The number of hydrogen-bond donors (Lipinski definition) is 1. The molecule has 1 N–H and O–H groups in total. The summed E-state index contributed by atoms with van der Waals surface area (Å²) in [6.45, 7) is 5.80. The van der Waals surface area contributed by atoms with E-state index in [-0.39, 0.29) is 23.6 Å². The van der Waals surface area contributed by atoms with E-state index in [0.717, 1.165) is 28.6 Å². The Morgan fingerprint density at radius 1 is 1.17 bits per heavy atom. The van der Waals surface area contributed by atoms with Gasteiger partial charge in [-0.2, -0.15) is 0 Å². The zero-order valence-corrected chi connectivity index (χ0v) is 20.6. The molecule has 0 radical (unpaired) electrons. The first-order chi connectivity index (χ1) is 16.8. The molecule has 0 spiro atoms. The number of nitrogens with one attached hydrogen (secondary N) is 1. The van der Waals surface area contributed by atoms with Gasteiger partial charge in [0.2, 0.25) is 5.91 Å². The van der Waals surface area contributed by atoms with E-state index in [9.17, 15) is 14.4 Å². The summed E-state index contributed by atoms with van der Waals surface area (Å²) in [5.41, 5.74) is 3.06. The highest BCUT2D eigenvalue weighted by Gasteiger charge is 2.21. The third-order valence-electron chi connectivity index (χ3n) is 5.54. The number of furan rings is 1. The lowest BCUT2D eigenvalue weighted by Crippen LogP contribution is -2.27. The van der Waals surface area contributed by atoms with Gasteiger partial charge in [0.15, 0.2) is 5.16 Å². The van der Waals surface area contributed by atoms with Crippen molar-refractivity contribution in [1.29, 1.82) is 0 Å². The van der Waals surface area contributed by atoms with Crippen LogP contribution in [0.1, 0.15) is 34.2 Å². The third-order valence-corrected chi connectivity index (χ3v) is 6.63. The number of carbonyl (C=O) groups excluding carboxylic acids is 2. The van der Waals surface area contributed by atoms with Crippen molar-refractivity contribution in [3.05, 3.63) is 87.6 Å². The minimum Gasteiger partial charge on any atom is -0.467 e. The summed E-state index contributed by atoms with van der Waals surface area (Å²) in [5, 5.41) is 3.09. The van der Waals surface area contributed by atoms with Crippen LogP contribution < -0.4 is 10.9 Å². The number of nitrogens with zero attached hydrogens (tertiary/aromatic N) is 2. The summed E-state index contributed by atoms with van der Waals surface area (Å²) < 4.78 is 11.7. The van der Waals surface area contributed by atoms with Gasteiger partial charge in [-0.1, -0.05) is 23.9 Å². The second kappa shape index (κ2) is 10.2. The van der Waals surface area contributed by atoms with Gasteiger partial charge in [0.1, 0.15) is 5.76 Å². The highest BCUT2D eigenvalue weighted by atomic mass is 32.2. The SMILES string of the molecule is COC(=O)c1ccc2c(=O)n(Cc3ccco3)c(SC(C)C(=O)Nc3cc(C)ccc3C)nc2c1. The minimum atomic E-state index is -0.564. The number of anilines is 1. The second-order valence-electron chi connectivity index (χ2n) is 8.16. The average molecular weight is 492 g/mol. The zero-order valence-electron chi connectivity index (χ0n) is 19.8. The van der Waals surface area contributed by atoms with Crippen LogP contribution in [0, 0.1) is 13.8 Å². The molecule has 35 heavy (non-hydrogen) atoms. The lowest BCUT2D eigenvalue weighted by atomic mass is 10.1. The van der Waals surface area contributed by atoms with E-state index in [1.165, 1.54) is 30.1 Å². The Labute approximate surface area is 206 Å². The van der Waals surface area contributed by atoms with Crippen LogP contribution in [0.5, 0.6) is 0 Å². The molecule has 1 unspecified atom stereocenters. The number of carbonyl (C=O) groups is 2. The number of aryl methyl sites for hydroxylation is 2. The molecule has 8 nitrogen and oxygen atoms in total. The predicted octanol–water partition coefficient (Wildman–Crippen LogP) is 4.56. The molecular weight excluding hydrogens is 466 g/mol. The molecule has 9 heteroatoms. The van der Waals surface area contributed by atoms with E-state index in [4.69, 9.17) is 9.15 Å². The van der Waals surface area contributed by atoms with Crippen molar-refractivity contribution in [2.75, 3.05) is 12.4 Å². The predicted molar refractivity (Wildman–Crippen MR) is 135 cm³/mol. The summed E-state index contributed by atoms with van der Waals surface area (Å²) in [7, 11) is 1.29. The number of ether oxygens (including phenoxy) is 1. The number of methoxy groups -OCH3 is 1. The molecule has 0 bridgehead atoms. The van der Waals surface area contributed by atoms with E-state index < -0.39 is 11.2 Å². The highest BCUT2D eigenvalue weighted by Crippen LogP contribution is 2.26. The zero-order chi connectivity index (χ0) is 25.1. The molecule has 1 amide bonds. The number of hydrogen-bond acceptors (Lipinski definition) is 7. The molecule has 4 rings (SSSR count). The molecule has 0 fully saturated rings. The van der Waals surface area contributed by atoms with Crippen LogP contribution >= 0.6 is 11.8 Å². The maximum atomic E-state index is 13.4. The van der Waals surface area contributed by atoms with Gasteiger partial charge in [0, 0.05) is 5.69 Å². The van der Waals surface area contributed by atoms with Crippen LogP contribution in [0.2, 0.25) is 0 Å². The normalized spacial score (nSPS) is 11.9. The van der Waals surface area contributed by atoms with Crippen LogP contribution in [-0.4, -0.2) is 33.8 Å². The van der Waals surface area contributed by atoms with Crippen molar-refractivity contribution in [3.63, 3.8) is 0 Å². The molecule has 0 saturated carbocycles. The lowest BCUT2D eigenvalue weighted by Gasteiger charge is -2.17. The summed E-state index contributed by atoms with van der Waals surface area (Å²) in [5.74, 6) is -0.163. The second-order valence-corrected chi connectivity index (χ2v) is 9.46. The van der Waals surface area contributed by atoms with Crippen molar-refractivity contribution >= 4 is 40.2 Å². The third kappa shape index (κ3) is 5.30. The Morgan fingerprint density at radius 2 is 1.97 bits per heavy atom. The number of esters is 1. The molecule has 2 aromatic heterocycles. The number of benzene rings is 2. The van der Waals surface area contributed by atoms with Gasteiger partial charge in [-0.3, -0.25) is 14.2 Å². The molecule has 0 aliphatic carbocycles. The number of thioether (sulfide) groups is 1. The quantitative estimate of drug-likeness (QED) is 0.230. The Kier molecular flexibility index (Phi) is 7.07. The van der Waals surface area contributed by atoms with Gasteiger partial charge in [-0.15, -0.1) is 0 Å². The maximum Gasteiger partial charge on any atom is 0.337 e. The highest BCUT2D eigenvalue weighted by molar-refractivity contribution is 8.00. The molecule has 2 heterocycles. The molecule has 2 aromatic carbocycles. The Morgan fingerprint density at radius 3 is 2.69 bits per heavy atom. The van der Waals surface area contributed by atoms with Crippen LogP contribution in [-0.2, 0) is 16.1 Å². The van der Waals surface area contributed by atoms with Gasteiger partial charge in [0.25, 0.3) is 5.56 Å². The van der Waals surface area contributed by atoms with E-state index in [0.29, 0.717) is 21.8 Å². The average Bonchev–Trinajstić information content (AvgIpc) is 3.36. The smallest absolute Gasteiger partial charge is 0.337 e. The number of aromatic nitrogens is 2. The van der Waals surface area contributed by atoms with E-state index >= 15 is 0 Å². The van der Waals surface area contributed by atoms with E-state index in [2.05, 4.69) is 10.3 Å². The minimum absolute atomic E-state index is 0.154. The summed E-state index contributed by atoms with van der Waals surface area (Å²) in [6.07, 6.45) is 1.53. The first kappa shape index (κ1) is 24.3. The fraction of sp³-hybridized carbons (Fsp3) is 0.231. The Balaban J connectivity index is 1.71. The van der Waals surface area contributed by atoms with Crippen LogP contribution in [0.25, 0.3) is 10.9 Å². The molecule has 0 saturated heterocycles. The van der Waals surface area contributed by atoms with Crippen molar-refractivity contribution in [2.45, 2.75) is 37.7 Å². The number of amides is 1. The fourth-order valence-corrected chi connectivity index (χ4v) is 4.46. The number of fused-ring (bicyclic) bond motifs is 1. The van der Waals surface area contributed by atoms with Crippen molar-refractivity contribution < 1.29 is 18.7 Å². The van der Waals surface area contributed by atoms with Crippen LogP contribution in [0.4, 0.5) is 5.69 Å². The Bertz CT molecular complexity index is 1460.